The van der Waals surface area contributed by atoms with Gasteiger partial charge in [0.15, 0.2) is 0 Å². The Kier molecular flexibility index (Phi) is 6.78. The maximum atomic E-state index is 8.62. The van der Waals surface area contributed by atoms with E-state index in [-0.39, 0.29) is 6.61 Å². The molecule has 0 unspecified atom stereocenters. The van der Waals surface area contributed by atoms with E-state index in [2.05, 4.69) is 0 Å². The first kappa shape index (κ1) is 14.6. The van der Waals surface area contributed by atoms with Crippen LogP contribution in [0.25, 0.3) is 0 Å². The molecule has 0 aliphatic rings. The van der Waals surface area contributed by atoms with Crippen molar-refractivity contribution in [3.05, 3.63) is 18.2 Å². The van der Waals surface area contributed by atoms with Gasteiger partial charge in [0.2, 0.25) is 5.92 Å². The fraction of sp³-hybridized carbons (Fsp3) is 0.455. The summed E-state index contributed by atoms with van der Waals surface area (Å²) in [6, 6.07) is 4.44. The number of imidazole rings is 1. The van der Waals surface area contributed by atoms with E-state index in [1.165, 1.54) is 18.2 Å². The Labute approximate surface area is 100 Å². The van der Waals surface area contributed by atoms with E-state index < -0.39 is 5.92 Å². The van der Waals surface area contributed by atoms with Crippen molar-refractivity contribution in [2.24, 2.45) is 13.0 Å². The van der Waals surface area contributed by atoms with Crippen molar-refractivity contribution >= 4 is 0 Å². The minimum Gasteiger partial charge on any atom is -0.392 e. The largest absolute Gasteiger partial charge is 0.392 e. The first-order chi connectivity index (χ1) is 8.10. The van der Waals surface area contributed by atoms with Crippen molar-refractivity contribution in [1.82, 2.24) is 4.57 Å². The van der Waals surface area contributed by atoms with E-state index in [1.54, 1.807) is 0 Å². The van der Waals surface area contributed by atoms with Crippen LogP contribution in [0.15, 0.2) is 12.4 Å². The molecule has 88 valence electrons. The monoisotopic (exact) mass is 232 g/mol. The molecule has 0 bridgehead atoms. The first-order valence-corrected chi connectivity index (χ1v) is 4.91. The van der Waals surface area contributed by atoms with Gasteiger partial charge in [-0.05, 0) is 0 Å². The minimum atomic E-state index is -1.10. The normalized spacial score (nSPS) is 8.53. The molecule has 0 atom stereocenters. The van der Waals surface area contributed by atoms with E-state index >= 15 is 0 Å². The Balaban J connectivity index is 0.000000325. The summed E-state index contributed by atoms with van der Waals surface area (Å²) in [5.41, 5.74) is 0. The van der Waals surface area contributed by atoms with Crippen LogP contribution in [0.5, 0.6) is 0 Å². The standard InChI is InChI=1S/C7H13N2O.C4HN3/c1-7-8(2)3-4-9(7)5-6-10;5-1-4(2-6)3-7/h3-4,10H,5-6H2,1-2H3;4H/q+1;. The van der Waals surface area contributed by atoms with Gasteiger partial charge in [-0.3, -0.25) is 0 Å². The lowest BCUT2D eigenvalue weighted by atomic mass is 10.2. The average Bonchev–Trinajstić information content (AvgIpc) is 2.65. The molecule has 0 radical (unpaired) electrons. The maximum absolute atomic E-state index is 8.62. The number of nitriles is 3. The summed E-state index contributed by atoms with van der Waals surface area (Å²) >= 11 is 0. The number of aryl methyl sites for hydroxylation is 1. The summed E-state index contributed by atoms with van der Waals surface area (Å²) in [5, 5.41) is 32.1. The Morgan fingerprint density at radius 1 is 1.35 bits per heavy atom. The highest BCUT2D eigenvalue weighted by Gasteiger charge is 2.05. The number of hydrogen-bond acceptors (Lipinski definition) is 4. The Bertz CT molecular complexity index is 438. The fourth-order valence-corrected chi connectivity index (χ4v) is 1.03. The molecule has 0 aliphatic heterocycles. The highest BCUT2D eigenvalue weighted by Crippen LogP contribution is 1.87. The van der Waals surface area contributed by atoms with Crippen molar-refractivity contribution in [1.29, 1.82) is 15.8 Å². The number of rotatable bonds is 2. The second-order valence-corrected chi connectivity index (χ2v) is 3.19. The number of hydrogen-bond donors (Lipinski definition) is 1. The van der Waals surface area contributed by atoms with Crippen LogP contribution >= 0.6 is 0 Å². The van der Waals surface area contributed by atoms with Crippen LogP contribution in [-0.4, -0.2) is 16.3 Å². The molecule has 0 aromatic carbocycles. The summed E-state index contributed by atoms with van der Waals surface area (Å²) < 4.78 is 4.04. The van der Waals surface area contributed by atoms with Crippen LogP contribution in [0.3, 0.4) is 0 Å². The minimum absolute atomic E-state index is 0.204. The molecule has 0 saturated carbocycles. The number of aromatic nitrogens is 2. The zero-order chi connectivity index (χ0) is 13.3. The van der Waals surface area contributed by atoms with Crippen LogP contribution in [0.2, 0.25) is 0 Å². The van der Waals surface area contributed by atoms with Crippen molar-refractivity contribution in [3.63, 3.8) is 0 Å². The van der Waals surface area contributed by atoms with Crippen LogP contribution < -0.4 is 4.57 Å². The predicted molar refractivity (Wildman–Crippen MR) is 57.8 cm³/mol. The number of aliphatic hydroxyl groups is 1. The van der Waals surface area contributed by atoms with Gasteiger partial charge in [0, 0.05) is 6.92 Å². The van der Waals surface area contributed by atoms with Gasteiger partial charge in [0.05, 0.1) is 31.9 Å². The molecule has 1 aromatic rings. The molecular formula is C11H14N5O+. The lowest BCUT2D eigenvalue weighted by Gasteiger charge is -1.93. The van der Waals surface area contributed by atoms with Gasteiger partial charge in [-0.1, -0.05) is 0 Å². The van der Waals surface area contributed by atoms with Crippen molar-refractivity contribution < 1.29 is 9.67 Å². The molecule has 0 aliphatic carbocycles. The second-order valence-electron chi connectivity index (χ2n) is 3.19. The van der Waals surface area contributed by atoms with Crippen LogP contribution in [0.1, 0.15) is 5.82 Å². The smallest absolute Gasteiger partial charge is 0.253 e. The van der Waals surface area contributed by atoms with E-state index in [9.17, 15) is 0 Å². The molecule has 1 N–H and O–H groups in total. The fourth-order valence-electron chi connectivity index (χ4n) is 1.03. The third-order valence-electron chi connectivity index (χ3n) is 2.12. The van der Waals surface area contributed by atoms with Gasteiger partial charge in [0.1, 0.15) is 18.9 Å². The summed E-state index contributed by atoms with van der Waals surface area (Å²) in [6.07, 6.45) is 3.94. The SMILES string of the molecule is Cc1n(C)cc[n+]1CCO.N#CC(C#N)C#N. The van der Waals surface area contributed by atoms with Gasteiger partial charge < -0.3 is 5.11 Å². The quantitative estimate of drug-likeness (QED) is 0.713. The molecule has 1 aromatic heterocycles. The molecular weight excluding hydrogens is 218 g/mol. The molecule has 1 rings (SSSR count). The van der Waals surface area contributed by atoms with E-state index in [1.807, 2.05) is 35.5 Å². The lowest BCUT2D eigenvalue weighted by molar-refractivity contribution is -0.703. The van der Waals surface area contributed by atoms with Gasteiger partial charge in [0.25, 0.3) is 5.82 Å². The van der Waals surface area contributed by atoms with Crippen molar-refractivity contribution in [2.75, 3.05) is 6.61 Å². The van der Waals surface area contributed by atoms with Crippen molar-refractivity contribution in [2.45, 2.75) is 13.5 Å². The Morgan fingerprint density at radius 3 is 2.12 bits per heavy atom. The zero-order valence-corrected chi connectivity index (χ0v) is 9.83. The third-order valence-corrected chi connectivity index (χ3v) is 2.12. The third kappa shape index (κ3) is 4.79. The summed E-state index contributed by atoms with van der Waals surface area (Å²) in [6.45, 7) is 2.91. The highest BCUT2D eigenvalue weighted by atomic mass is 16.3. The summed E-state index contributed by atoms with van der Waals surface area (Å²) in [5.74, 6) is 0.0639. The second kappa shape index (κ2) is 7.87. The van der Waals surface area contributed by atoms with Gasteiger partial charge in [-0.25, -0.2) is 9.13 Å². The Morgan fingerprint density at radius 2 is 1.88 bits per heavy atom. The van der Waals surface area contributed by atoms with E-state index in [0.717, 1.165) is 5.82 Å². The van der Waals surface area contributed by atoms with Crippen molar-refractivity contribution in [3.8, 4) is 18.2 Å². The highest BCUT2D eigenvalue weighted by molar-refractivity contribution is 5.11. The molecule has 0 saturated heterocycles. The molecule has 6 heteroatoms. The molecule has 0 fully saturated rings. The molecule has 6 nitrogen and oxygen atoms in total. The van der Waals surface area contributed by atoms with Crippen LogP contribution in [-0.2, 0) is 13.6 Å². The maximum Gasteiger partial charge on any atom is 0.253 e. The lowest BCUT2D eigenvalue weighted by Crippen LogP contribution is -2.36. The summed E-state index contributed by atoms with van der Waals surface area (Å²) in [4.78, 5) is 0. The molecule has 1 heterocycles. The average molecular weight is 232 g/mol. The molecule has 0 spiro atoms. The first-order valence-electron chi connectivity index (χ1n) is 4.91. The summed E-state index contributed by atoms with van der Waals surface area (Å²) in [7, 11) is 1.99. The van der Waals surface area contributed by atoms with Crippen LogP contribution in [0.4, 0.5) is 0 Å². The van der Waals surface area contributed by atoms with E-state index in [0.29, 0.717) is 6.54 Å². The van der Waals surface area contributed by atoms with Crippen LogP contribution in [0, 0.1) is 46.8 Å². The van der Waals surface area contributed by atoms with E-state index in [4.69, 9.17) is 20.9 Å². The van der Waals surface area contributed by atoms with Gasteiger partial charge in [-0.15, -0.1) is 0 Å². The Hall–Kier alpha value is -2.36. The predicted octanol–water partition coefficient (Wildman–Crippen LogP) is -0.213. The molecule has 17 heavy (non-hydrogen) atoms. The topological polar surface area (TPSA) is 100 Å². The van der Waals surface area contributed by atoms with Gasteiger partial charge >= 0.3 is 0 Å². The number of aliphatic hydroxyl groups excluding tert-OH is 1. The van der Waals surface area contributed by atoms with Gasteiger partial charge in [-0.2, -0.15) is 15.8 Å². The molecule has 0 amide bonds. The number of nitrogens with zero attached hydrogens (tertiary/aromatic N) is 5. The zero-order valence-electron chi connectivity index (χ0n) is 9.83.